The van der Waals surface area contributed by atoms with Crippen LogP contribution in [0.5, 0.6) is 5.75 Å². The van der Waals surface area contributed by atoms with Gasteiger partial charge in [-0.1, -0.05) is 30.0 Å². The molecule has 0 radical (unpaired) electrons. The molecule has 0 saturated heterocycles. The third-order valence-corrected chi connectivity index (χ3v) is 4.70. The molecule has 0 spiro atoms. The number of allylic oxidation sites excluding steroid dienone is 1. The van der Waals surface area contributed by atoms with Crippen LogP contribution in [-0.4, -0.2) is 21.9 Å². The molecule has 25 heavy (non-hydrogen) atoms. The molecule has 4 nitrogen and oxygen atoms in total. The van der Waals surface area contributed by atoms with Crippen LogP contribution in [0.4, 0.5) is 4.39 Å². The monoisotopic (exact) mass is 355 g/mol. The molecule has 128 valence electrons. The summed E-state index contributed by atoms with van der Waals surface area (Å²) in [5.74, 6) is 2.04. The Bertz CT molecular complexity index is 844. The van der Waals surface area contributed by atoms with E-state index in [1.54, 1.807) is 37.1 Å². The van der Waals surface area contributed by atoms with Crippen molar-refractivity contribution in [2.24, 2.45) is 0 Å². The molecule has 0 bridgehead atoms. The molecule has 0 aliphatic rings. The van der Waals surface area contributed by atoms with Crippen molar-refractivity contribution < 1.29 is 9.13 Å². The molecule has 3 rings (SSSR count). The van der Waals surface area contributed by atoms with Gasteiger partial charge in [-0.25, -0.2) is 4.39 Å². The molecule has 1 heterocycles. The van der Waals surface area contributed by atoms with Gasteiger partial charge in [0.05, 0.1) is 7.11 Å². The average molecular weight is 355 g/mol. The van der Waals surface area contributed by atoms with Crippen LogP contribution in [0, 0.1) is 5.82 Å². The largest absolute Gasteiger partial charge is 0.497 e. The van der Waals surface area contributed by atoms with E-state index in [0.717, 1.165) is 22.2 Å². The first-order valence-electron chi connectivity index (χ1n) is 7.77. The average Bonchev–Trinajstić information content (AvgIpc) is 3.04. The molecular formula is C19H18FN3OS. The highest BCUT2D eigenvalue weighted by Crippen LogP contribution is 2.27. The van der Waals surface area contributed by atoms with Crippen molar-refractivity contribution in [2.75, 3.05) is 7.11 Å². The minimum Gasteiger partial charge on any atom is -0.497 e. The molecule has 3 aromatic rings. The zero-order valence-electron chi connectivity index (χ0n) is 13.9. The van der Waals surface area contributed by atoms with E-state index in [0.29, 0.717) is 12.4 Å². The van der Waals surface area contributed by atoms with Crippen molar-refractivity contribution in [2.45, 2.75) is 17.5 Å². The Balaban J connectivity index is 1.80. The maximum absolute atomic E-state index is 13.1. The fourth-order valence-electron chi connectivity index (χ4n) is 2.37. The summed E-state index contributed by atoms with van der Waals surface area (Å²) in [6.07, 6.45) is 1.80. The highest BCUT2D eigenvalue weighted by atomic mass is 32.2. The summed E-state index contributed by atoms with van der Waals surface area (Å²) < 4.78 is 20.3. The zero-order valence-corrected chi connectivity index (χ0v) is 14.7. The van der Waals surface area contributed by atoms with Gasteiger partial charge in [-0.05, 0) is 42.0 Å². The number of aromatic nitrogens is 3. The van der Waals surface area contributed by atoms with Crippen molar-refractivity contribution in [3.05, 3.63) is 72.6 Å². The van der Waals surface area contributed by atoms with E-state index in [2.05, 4.69) is 16.8 Å². The van der Waals surface area contributed by atoms with Gasteiger partial charge in [0.2, 0.25) is 0 Å². The normalized spacial score (nSPS) is 10.6. The Kier molecular flexibility index (Phi) is 5.50. The number of hydrogen-bond acceptors (Lipinski definition) is 4. The van der Waals surface area contributed by atoms with Crippen LogP contribution in [0.25, 0.3) is 11.4 Å². The molecule has 0 atom stereocenters. The van der Waals surface area contributed by atoms with Gasteiger partial charge >= 0.3 is 0 Å². The van der Waals surface area contributed by atoms with E-state index >= 15 is 0 Å². The summed E-state index contributed by atoms with van der Waals surface area (Å²) in [5, 5.41) is 9.37. The maximum Gasteiger partial charge on any atom is 0.192 e. The fraction of sp³-hybridized carbons (Fsp3) is 0.158. The zero-order chi connectivity index (χ0) is 17.6. The number of methoxy groups -OCH3 is 1. The van der Waals surface area contributed by atoms with E-state index in [4.69, 9.17) is 4.74 Å². The van der Waals surface area contributed by atoms with Crippen LogP contribution in [0.3, 0.4) is 0 Å². The van der Waals surface area contributed by atoms with Gasteiger partial charge in [-0.2, -0.15) is 0 Å². The third-order valence-electron chi connectivity index (χ3n) is 3.66. The van der Waals surface area contributed by atoms with Gasteiger partial charge in [0.1, 0.15) is 11.6 Å². The Morgan fingerprint density at radius 2 is 1.84 bits per heavy atom. The van der Waals surface area contributed by atoms with Crippen LogP contribution in [-0.2, 0) is 12.3 Å². The molecule has 0 fully saturated rings. The van der Waals surface area contributed by atoms with Gasteiger partial charge in [0.25, 0.3) is 0 Å². The highest BCUT2D eigenvalue weighted by Gasteiger charge is 2.13. The lowest BCUT2D eigenvalue weighted by molar-refractivity contribution is 0.414. The minimum atomic E-state index is -0.271. The van der Waals surface area contributed by atoms with Crippen molar-refractivity contribution in [1.82, 2.24) is 14.8 Å². The standard InChI is InChI=1S/C19H18FN3OS/c1-3-12-23-18(15-6-8-16(20)9-7-15)21-22-19(23)25-13-14-4-10-17(24-2)11-5-14/h3-11H,1,12-13H2,2H3. The fourth-order valence-corrected chi connectivity index (χ4v) is 3.27. The first kappa shape index (κ1) is 17.2. The number of rotatable bonds is 7. The molecule has 0 N–H and O–H groups in total. The number of halogens is 1. The number of hydrogen-bond donors (Lipinski definition) is 0. The second-order valence-electron chi connectivity index (χ2n) is 5.35. The number of thioether (sulfide) groups is 1. The number of benzene rings is 2. The smallest absolute Gasteiger partial charge is 0.192 e. The van der Waals surface area contributed by atoms with Crippen LogP contribution in [0.2, 0.25) is 0 Å². The summed E-state index contributed by atoms with van der Waals surface area (Å²) in [6.45, 7) is 4.39. The molecule has 0 aliphatic heterocycles. The number of nitrogens with zero attached hydrogens (tertiary/aromatic N) is 3. The van der Waals surface area contributed by atoms with E-state index < -0.39 is 0 Å². The Morgan fingerprint density at radius 1 is 1.12 bits per heavy atom. The molecule has 0 saturated carbocycles. The lowest BCUT2D eigenvalue weighted by Crippen LogP contribution is -2.00. The third kappa shape index (κ3) is 4.09. The quantitative estimate of drug-likeness (QED) is 0.460. The van der Waals surface area contributed by atoms with Crippen LogP contribution >= 0.6 is 11.8 Å². The summed E-state index contributed by atoms with van der Waals surface area (Å²) in [5.41, 5.74) is 1.99. The summed E-state index contributed by atoms with van der Waals surface area (Å²) in [4.78, 5) is 0. The first-order chi connectivity index (χ1) is 12.2. The molecule has 6 heteroatoms. The number of ether oxygens (including phenoxy) is 1. The SMILES string of the molecule is C=CCn1c(SCc2ccc(OC)cc2)nnc1-c1ccc(F)cc1. The predicted octanol–water partition coefficient (Wildman–Crippen LogP) is 4.57. The Morgan fingerprint density at radius 3 is 2.48 bits per heavy atom. The minimum absolute atomic E-state index is 0.271. The topological polar surface area (TPSA) is 39.9 Å². The van der Waals surface area contributed by atoms with E-state index in [-0.39, 0.29) is 5.82 Å². The summed E-state index contributed by atoms with van der Waals surface area (Å²) in [7, 11) is 1.65. The van der Waals surface area contributed by atoms with Crippen molar-refractivity contribution in [3.8, 4) is 17.1 Å². The molecule has 0 unspecified atom stereocenters. The second kappa shape index (κ2) is 7.98. The van der Waals surface area contributed by atoms with Gasteiger partial charge < -0.3 is 4.74 Å². The van der Waals surface area contributed by atoms with E-state index in [9.17, 15) is 4.39 Å². The van der Waals surface area contributed by atoms with Crippen LogP contribution < -0.4 is 4.74 Å². The Hall–Kier alpha value is -2.60. The van der Waals surface area contributed by atoms with Crippen molar-refractivity contribution >= 4 is 11.8 Å². The van der Waals surface area contributed by atoms with Crippen molar-refractivity contribution in [3.63, 3.8) is 0 Å². The molecule has 1 aromatic heterocycles. The summed E-state index contributed by atoms with van der Waals surface area (Å²) >= 11 is 1.60. The van der Waals surface area contributed by atoms with Crippen LogP contribution in [0.15, 0.2) is 66.3 Å². The predicted molar refractivity (Wildman–Crippen MR) is 98.2 cm³/mol. The van der Waals surface area contributed by atoms with Gasteiger partial charge in [0.15, 0.2) is 11.0 Å². The van der Waals surface area contributed by atoms with Gasteiger partial charge in [-0.3, -0.25) is 4.57 Å². The molecule has 2 aromatic carbocycles. The molecule has 0 aliphatic carbocycles. The lowest BCUT2D eigenvalue weighted by atomic mass is 10.2. The lowest BCUT2D eigenvalue weighted by Gasteiger charge is -2.08. The first-order valence-corrected chi connectivity index (χ1v) is 8.75. The highest BCUT2D eigenvalue weighted by molar-refractivity contribution is 7.98. The van der Waals surface area contributed by atoms with E-state index in [1.165, 1.54) is 17.7 Å². The van der Waals surface area contributed by atoms with Crippen molar-refractivity contribution in [1.29, 1.82) is 0 Å². The van der Waals surface area contributed by atoms with Gasteiger partial charge in [0, 0.05) is 17.9 Å². The molecular weight excluding hydrogens is 337 g/mol. The maximum atomic E-state index is 13.1. The summed E-state index contributed by atoms with van der Waals surface area (Å²) in [6, 6.07) is 14.2. The van der Waals surface area contributed by atoms with Crippen LogP contribution in [0.1, 0.15) is 5.56 Å². The molecule has 0 amide bonds. The van der Waals surface area contributed by atoms with E-state index in [1.807, 2.05) is 28.8 Å². The Labute approximate surface area is 150 Å². The van der Waals surface area contributed by atoms with Gasteiger partial charge in [-0.15, -0.1) is 16.8 Å². The second-order valence-corrected chi connectivity index (χ2v) is 6.29.